The van der Waals surface area contributed by atoms with E-state index in [1.54, 1.807) is 0 Å². The number of nitrogens with one attached hydrogen (secondary N) is 2. The number of amides is 2. The smallest absolute Gasteiger partial charge is 0.306 e. The van der Waals surface area contributed by atoms with Crippen LogP contribution in [0.4, 0.5) is 11.4 Å². The zero-order valence-corrected chi connectivity index (χ0v) is 13.7. The van der Waals surface area contributed by atoms with Crippen LogP contribution >= 0.6 is 0 Å². The van der Waals surface area contributed by atoms with Gasteiger partial charge in [0.25, 0.3) is 0 Å². The molecule has 2 aromatic rings. The van der Waals surface area contributed by atoms with Crippen molar-refractivity contribution < 1.29 is 19.1 Å². The zero-order chi connectivity index (χ0) is 17.8. The summed E-state index contributed by atoms with van der Waals surface area (Å²) < 4.78 is 4.56. The number of carbonyl (C=O) groups is 3. The number of hydrogen-bond donors (Lipinski definition) is 2. The predicted octanol–water partition coefficient (Wildman–Crippen LogP) is 2.47. The Labute approximate surface area is 145 Å². The lowest BCUT2D eigenvalue weighted by Crippen LogP contribution is -2.16. The molecule has 0 radical (unpaired) electrons. The predicted molar refractivity (Wildman–Crippen MR) is 93.2 cm³/mol. The maximum atomic E-state index is 11.6. The quantitative estimate of drug-likeness (QED) is 0.824. The van der Waals surface area contributed by atoms with Crippen LogP contribution in [0.15, 0.2) is 48.5 Å². The highest BCUT2D eigenvalue weighted by Gasteiger charge is 2.32. The number of fused-ring (bicyclic) bond motifs is 2. The molecule has 0 aromatic heterocycles. The van der Waals surface area contributed by atoms with Crippen molar-refractivity contribution in [1.29, 1.82) is 0 Å². The number of ether oxygens (including phenoxy) is 1. The highest BCUT2D eigenvalue weighted by atomic mass is 16.5. The van der Waals surface area contributed by atoms with Crippen LogP contribution in [-0.4, -0.2) is 24.9 Å². The Morgan fingerprint density at radius 1 is 1.04 bits per heavy atom. The number of carbonyl (C=O) groups excluding carboxylic acids is 3. The zero-order valence-electron chi connectivity index (χ0n) is 13.7. The van der Waals surface area contributed by atoms with Crippen LogP contribution in [0.3, 0.4) is 0 Å². The lowest BCUT2D eigenvalue weighted by atomic mass is 9.97. The third-order valence-electron chi connectivity index (χ3n) is 4.15. The van der Waals surface area contributed by atoms with Crippen LogP contribution in [-0.2, 0) is 25.5 Å². The van der Waals surface area contributed by atoms with Crippen molar-refractivity contribution in [3.05, 3.63) is 59.7 Å². The van der Waals surface area contributed by atoms with Gasteiger partial charge in [-0.05, 0) is 23.3 Å². The van der Waals surface area contributed by atoms with E-state index in [-0.39, 0.29) is 24.2 Å². The van der Waals surface area contributed by atoms with E-state index >= 15 is 0 Å². The first-order valence-corrected chi connectivity index (χ1v) is 7.93. The van der Waals surface area contributed by atoms with Crippen LogP contribution in [0.5, 0.6) is 0 Å². The maximum absolute atomic E-state index is 11.6. The summed E-state index contributed by atoms with van der Waals surface area (Å²) in [7, 11) is 1.32. The van der Waals surface area contributed by atoms with Crippen molar-refractivity contribution in [3.8, 4) is 0 Å². The fraction of sp³-hybridized carbons (Fsp3) is 0.211. The van der Waals surface area contributed by atoms with E-state index in [2.05, 4.69) is 15.4 Å². The average molecular weight is 338 g/mol. The number of benzene rings is 2. The van der Waals surface area contributed by atoms with Crippen LogP contribution in [0.25, 0.3) is 0 Å². The molecular formula is C19H18N2O4. The Balaban J connectivity index is 0.000000157. The fourth-order valence-electron chi connectivity index (χ4n) is 2.89. The Morgan fingerprint density at radius 2 is 1.72 bits per heavy atom. The van der Waals surface area contributed by atoms with Crippen LogP contribution in [0.2, 0.25) is 0 Å². The molecule has 2 aliphatic rings. The van der Waals surface area contributed by atoms with E-state index in [4.69, 9.17) is 0 Å². The van der Waals surface area contributed by atoms with Gasteiger partial charge in [-0.1, -0.05) is 36.4 Å². The van der Waals surface area contributed by atoms with Gasteiger partial charge in [0.15, 0.2) is 0 Å². The molecule has 0 saturated heterocycles. The van der Waals surface area contributed by atoms with Gasteiger partial charge >= 0.3 is 5.97 Å². The number of para-hydroxylation sites is 2. The van der Waals surface area contributed by atoms with Crippen molar-refractivity contribution in [2.24, 2.45) is 0 Å². The lowest BCUT2D eigenvalue weighted by Gasteiger charge is -2.06. The molecule has 2 heterocycles. The van der Waals surface area contributed by atoms with Gasteiger partial charge < -0.3 is 15.4 Å². The number of rotatable bonds is 2. The maximum Gasteiger partial charge on any atom is 0.306 e. The van der Waals surface area contributed by atoms with Gasteiger partial charge in [-0.15, -0.1) is 0 Å². The number of hydrogen-bond acceptors (Lipinski definition) is 4. The van der Waals surface area contributed by atoms with E-state index in [9.17, 15) is 14.4 Å². The molecule has 2 N–H and O–H groups in total. The SMILES string of the molecule is COC(=O)CC1C(=O)Nc2ccccc21.O=C1Cc2ccccc2N1. The van der Waals surface area contributed by atoms with E-state index in [0.29, 0.717) is 6.42 Å². The Bertz CT molecular complexity index is 805. The molecule has 128 valence electrons. The van der Waals surface area contributed by atoms with Crippen molar-refractivity contribution in [1.82, 2.24) is 0 Å². The summed E-state index contributed by atoms with van der Waals surface area (Å²) in [6, 6.07) is 15.1. The van der Waals surface area contributed by atoms with E-state index in [0.717, 1.165) is 22.5 Å². The monoisotopic (exact) mass is 338 g/mol. The van der Waals surface area contributed by atoms with Crippen LogP contribution in [0, 0.1) is 0 Å². The molecule has 0 fully saturated rings. The standard InChI is InChI=1S/C11H11NO3.C8H7NO/c1-15-10(13)6-8-7-4-2-3-5-9(7)12-11(8)14;10-8-5-6-3-1-2-4-7(6)9-8/h2-5,8H,6H2,1H3,(H,12,14);1-4H,5H2,(H,9,10). The molecule has 2 aromatic carbocycles. The summed E-state index contributed by atoms with van der Waals surface area (Å²) in [5, 5.41) is 5.49. The highest BCUT2D eigenvalue weighted by molar-refractivity contribution is 6.04. The minimum Gasteiger partial charge on any atom is -0.469 e. The summed E-state index contributed by atoms with van der Waals surface area (Å²) in [5.41, 5.74) is 3.73. The molecule has 0 saturated carbocycles. The first-order chi connectivity index (χ1) is 12.1. The highest BCUT2D eigenvalue weighted by Crippen LogP contribution is 2.34. The third-order valence-corrected chi connectivity index (χ3v) is 4.15. The molecule has 6 nitrogen and oxygen atoms in total. The van der Waals surface area contributed by atoms with Crippen molar-refractivity contribution in [3.63, 3.8) is 0 Å². The van der Waals surface area contributed by atoms with Crippen molar-refractivity contribution in [2.75, 3.05) is 17.7 Å². The second-order valence-corrected chi connectivity index (χ2v) is 5.79. The first-order valence-electron chi connectivity index (χ1n) is 7.93. The normalized spacial score (nSPS) is 16.8. The average Bonchev–Trinajstić information content (AvgIpc) is 3.14. The number of esters is 1. The molecule has 0 bridgehead atoms. The molecule has 6 heteroatoms. The van der Waals surface area contributed by atoms with Gasteiger partial charge in [-0.2, -0.15) is 0 Å². The third kappa shape index (κ3) is 3.68. The largest absolute Gasteiger partial charge is 0.469 e. The second-order valence-electron chi connectivity index (χ2n) is 5.79. The van der Waals surface area contributed by atoms with E-state index in [1.807, 2.05) is 48.5 Å². The molecule has 2 aliphatic heterocycles. The van der Waals surface area contributed by atoms with Crippen molar-refractivity contribution in [2.45, 2.75) is 18.8 Å². The molecule has 25 heavy (non-hydrogen) atoms. The lowest BCUT2D eigenvalue weighted by molar-refractivity contribution is -0.142. The first kappa shape index (κ1) is 16.7. The molecular weight excluding hydrogens is 320 g/mol. The summed E-state index contributed by atoms with van der Waals surface area (Å²) >= 11 is 0. The Kier molecular flexibility index (Phi) is 4.79. The molecule has 4 rings (SSSR count). The van der Waals surface area contributed by atoms with E-state index < -0.39 is 5.92 Å². The molecule has 2 amide bonds. The van der Waals surface area contributed by atoms with Gasteiger partial charge in [-0.3, -0.25) is 14.4 Å². The molecule has 1 atom stereocenters. The molecule has 0 spiro atoms. The minimum absolute atomic E-state index is 0.0966. The summed E-state index contributed by atoms with van der Waals surface area (Å²) in [6.07, 6.45) is 0.634. The summed E-state index contributed by atoms with van der Waals surface area (Å²) in [6.45, 7) is 0. The van der Waals surface area contributed by atoms with Crippen LogP contribution in [0.1, 0.15) is 23.5 Å². The Hall–Kier alpha value is -3.15. The molecule has 0 aliphatic carbocycles. The fourth-order valence-corrected chi connectivity index (χ4v) is 2.89. The van der Waals surface area contributed by atoms with Gasteiger partial charge in [0.05, 0.1) is 25.9 Å². The minimum atomic E-state index is -0.409. The van der Waals surface area contributed by atoms with Crippen LogP contribution < -0.4 is 10.6 Å². The number of anilines is 2. The summed E-state index contributed by atoms with van der Waals surface area (Å²) in [4.78, 5) is 33.5. The van der Waals surface area contributed by atoms with E-state index in [1.165, 1.54) is 7.11 Å². The van der Waals surface area contributed by atoms with Crippen molar-refractivity contribution >= 4 is 29.2 Å². The van der Waals surface area contributed by atoms with Gasteiger partial charge in [0, 0.05) is 11.4 Å². The van der Waals surface area contributed by atoms with Gasteiger partial charge in [0.2, 0.25) is 11.8 Å². The molecule has 1 unspecified atom stereocenters. The number of methoxy groups -OCH3 is 1. The van der Waals surface area contributed by atoms with Gasteiger partial charge in [0.1, 0.15) is 0 Å². The Morgan fingerprint density at radius 3 is 2.44 bits per heavy atom. The summed E-state index contributed by atoms with van der Waals surface area (Å²) in [5.74, 6) is -0.816. The topological polar surface area (TPSA) is 84.5 Å². The second kappa shape index (κ2) is 7.17. The van der Waals surface area contributed by atoms with Gasteiger partial charge in [-0.25, -0.2) is 0 Å².